The second-order valence-corrected chi connectivity index (χ2v) is 8.39. The zero-order valence-electron chi connectivity index (χ0n) is 13.4. The van der Waals surface area contributed by atoms with Gasteiger partial charge in [-0.2, -0.15) is 0 Å². The van der Waals surface area contributed by atoms with Crippen LogP contribution in [0.5, 0.6) is 0 Å². The summed E-state index contributed by atoms with van der Waals surface area (Å²) in [5.74, 6) is 0.209. The van der Waals surface area contributed by atoms with Gasteiger partial charge in [-0.3, -0.25) is 0 Å². The molecule has 0 unspecified atom stereocenters. The molecule has 0 atom stereocenters. The van der Waals surface area contributed by atoms with Crippen molar-refractivity contribution in [3.63, 3.8) is 0 Å². The van der Waals surface area contributed by atoms with E-state index in [0.717, 1.165) is 4.44 Å². The standard InChI is InChI=1S/C22H17.O.Sn.H/c1-16(19-14-6-10-17-8-2-4-12-21(17)19)20-15-7-11-18-9-3-5-13-22(18)20;;;/h2-16H,1H2;;;. The zero-order valence-corrected chi connectivity index (χ0v) is 16.6. The number of fused-ring (bicyclic) bond motifs is 2. The molecule has 0 aliphatic rings. The van der Waals surface area contributed by atoms with Gasteiger partial charge in [0.25, 0.3) is 0 Å². The van der Waals surface area contributed by atoms with Gasteiger partial charge in [0.05, 0.1) is 0 Å². The molecule has 0 aliphatic heterocycles. The van der Waals surface area contributed by atoms with Crippen LogP contribution in [0.15, 0.2) is 84.9 Å². The van der Waals surface area contributed by atoms with Crippen molar-refractivity contribution in [1.29, 1.82) is 0 Å². The number of rotatable bonds is 4. The average Bonchev–Trinajstić information content (AvgIpc) is 2.65. The zero-order chi connectivity index (χ0) is 16.4. The van der Waals surface area contributed by atoms with Crippen LogP contribution in [0.3, 0.4) is 0 Å². The maximum atomic E-state index is 11.7. The van der Waals surface area contributed by atoms with E-state index >= 15 is 0 Å². The van der Waals surface area contributed by atoms with E-state index in [0.29, 0.717) is 0 Å². The molecule has 0 aliphatic carbocycles. The maximum absolute atomic E-state index is 11.7. The third-order valence-corrected chi connectivity index (χ3v) is 6.62. The molecule has 0 aromatic heterocycles. The summed E-state index contributed by atoms with van der Waals surface area (Å²) in [6, 6.07) is 29.9. The van der Waals surface area contributed by atoms with Crippen LogP contribution >= 0.6 is 0 Å². The van der Waals surface area contributed by atoms with Crippen molar-refractivity contribution >= 4 is 42.7 Å². The Morgan fingerprint density at radius 2 is 1.08 bits per heavy atom. The molecule has 0 fully saturated rings. The van der Waals surface area contributed by atoms with Gasteiger partial charge in [-0.1, -0.05) is 0 Å². The minimum absolute atomic E-state index is 0.209. The molecule has 24 heavy (non-hydrogen) atoms. The molecule has 0 amide bonds. The monoisotopic (exact) mass is 418 g/mol. The molecule has 0 saturated heterocycles. The van der Waals surface area contributed by atoms with Crippen LogP contribution in [0.2, 0.25) is 4.44 Å². The molecule has 2 heteroatoms. The number of hydrogen-bond acceptors (Lipinski definition) is 1. The third-order valence-electron chi connectivity index (χ3n) is 4.73. The molecule has 116 valence electrons. The van der Waals surface area contributed by atoms with Crippen molar-refractivity contribution in [1.82, 2.24) is 0 Å². The molecule has 0 saturated carbocycles. The molecular weight excluding hydrogens is 399 g/mol. The first kappa shape index (κ1) is 15.5. The van der Waals surface area contributed by atoms with Crippen LogP contribution in [0, 0.1) is 0 Å². The van der Waals surface area contributed by atoms with Crippen molar-refractivity contribution in [2.45, 2.75) is 10.4 Å². The van der Waals surface area contributed by atoms with Gasteiger partial charge < -0.3 is 0 Å². The summed E-state index contributed by atoms with van der Waals surface area (Å²) < 4.78 is 12.6. The summed E-state index contributed by atoms with van der Waals surface area (Å²) in [5.41, 5.74) is 2.60. The normalized spacial score (nSPS) is 11.2. The van der Waals surface area contributed by atoms with E-state index < -0.39 is 21.1 Å². The Kier molecular flexibility index (Phi) is 4.43. The van der Waals surface area contributed by atoms with Crippen molar-refractivity contribution in [2.24, 2.45) is 0 Å². The fourth-order valence-corrected chi connectivity index (χ4v) is 5.63. The van der Waals surface area contributed by atoms with Crippen LogP contribution in [0.25, 0.3) is 21.5 Å². The van der Waals surface area contributed by atoms with E-state index in [1.54, 1.807) is 0 Å². The van der Waals surface area contributed by atoms with Gasteiger partial charge >= 0.3 is 152 Å². The van der Waals surface area contributed by atoms with Gasteiger partial charge in [-0.05, 0) is 0 Å². The Morgan fingerprint density at radius 3 is 1.58 bits per heavy atom. The summed E-state index contributed by atoms with van der Waals surface area (Å²) in [6.07, 6.45) is 0. The summed E-state index contributed by atoms with van der Waals surface area (Å²) >= 11 is -1.76. The summed E-state index contributed by atoms with van der Waals surface area (Å²) in [6.45, 7) is 0. The topological polar surface area (TPSA) is 17.1 Å². The van der Waals surface area contributed by atoms with Crippen LogP contribution in [0.1, 0.15) is 17.0 Å². The fraction of sp³-hybridized carbons (Fsp3) is 0.0909. The summed E-state index contributed by atoms with van der Waals surface area (Å²) in [4.78, 5) is 0. The van der Waals surface area contributed by atoms with E-state index in [9.17, 15) is 3.08 Å². The molecule has 1 nitrogen and oxygen atoms in total. The van der Waals surface area contributed by atoms with E-state index in [1.165, 1.54) is 32.7 Å². The predicted octanol–water partition coefficient (Wildman–Crippen LogP) is 5.33. The molecule has 0 N–H and O–H groups in total. The Balaban J connectivity index is 1.98. The Morgan fingerprint density at radius 1 is 0.625 bits per heavy atom. The van der Waals surface area contributed by atoms with Crippen molar-refractivity contribution in [3.05, 3.63) is 96.1 Å². The quantitative estimate of drug-likeness (QED) is 0.411. The van der Waals surface area contributed by atoms with Gasteiger partial charge in [0, 0.05) is 0 Å². The van der Waals surface area contributed by atoms with Crippen LogP contribution in [-0.2, 0) is 3.08 Å². The van der Waals surface area contributed by atoms with Gasteiger partial charge in [-0.25, -0.2) is 0 Å². The summed E-state index contributed by atoms with van der Waals surface area (Å²) in [7, 11) is 0. The first-order valence-corrected chi connectivity index (χ1v) is 11.9. The molecule has 0 bridgehead atoms. The number of benzene rings is 4. The molecule has 4 aromatic rings. The average molecular weight is 417 g/mol. The second-order valence-electron chi connectivity index (χ2n) is 6.09. The van der Waals surface area contributed by atoms with Crippen LogP contribution < -0.4 is 0 Å². The van der Waals surface area contributed by atoms with E-state index in [4.69, 9.17) is 0 Å². The molecule has 4 rings (SSSR count). The fourth-order valence-electron chi connectivity index (χ4n) is 3.63. The second kappa shape index (κ2) is 6.86. The van der Waals surface area contributed by atoms with Crippen LogP contribution in [0.4, 0.5) is 0 Å². The van der Waals surface area contributed by atoms with Crippen molar-refractivity contribution in [3.8, 4) is 0 Å². The van der Waals surface area contributed by atoms with Crippen molar-refractivity contribution < 1.29 is 3.08 Å². The summed E-state index contributed by atoms with van der Waals surface area (Å²) in [5, 5.41) is 5.04. The predicted molar refractivity (Wildman–Crippen MR) is 102 cm³/mol. The first-order chi connectivity index (χ1) is 11.9. The molecule has 4 aromatic carbocycles. The molecule has 0 heterocycles. The van der Waals surface area contributed by atoms with Crippen LogP contribution in [-0.4, -0.2) is 21.1 Å². The first-order valence-electron chi connectivity index (χ1n) is 8.27. The van der Waals surface area contributed by atoms with Gasteiger partial charge in [-0.15, -0.1) is 0 Å². The van der Waals surface area contributed by atoms with E-state index in [1.807, 2.05) is 0 Å². The van der Waals surface area contributed by atoms with Gasteiger partial charge in [0.2, 0.25) is 0 Å². The third kappa shape index (κ3) is 2.78. The Hall–Kier alpha value is -2.00. The van der Waals surface area contributed by atoms with Gasteiger partial charge in [0.15, 0.2) is 0 Å². The van der Waals surface area contributed by atoms with E-state index in [2.05, 4.69) is 84.9 Å². The molecular formula is C22H18OSn. The molecule has 0 radical (unpaired) electrons. The van der Waals surface area contributed by atoms with Crippen molar-refractivity contribution in [2.75, 3.05) is 0 Å². The minimum atomic E-state index is -1.76. The van der Waals surface area contributed by atoms with Gasteiger partial charge in [0.1, 0.15) is 0 Å². The molecule has 0 spiro atoms. The number of hydrogen-bond donors (Lipinski definition) is 0. The van der Waals surface area contributed by atoms with E-state index in [-0.39, 0.29) is 5.92 Å². The Labute approximate surface area is 151 Å². The SMILES string of the molecule is [O]=[SnH][CH2]C(c1cccc2ccccc12)c1cccc2ccccc12. The Bertz CT molecular complexity index is 932.